The van der Waals surface area contributed by atoms with Gasteiger partial charge in [-0.2, -0.15) is 0 Å². The number of pyridine rings is 1. The molecule has 3 aromatic heterocycles. The van der Waals surface area contributed by atoms with E-state index < -0.39 is 0 Å². The Morgan fingerprint density at radius 1 is 1.15 bits per heavy atom. The lowest BCUT2D eigenvalue weighted by Gasteiger charge is -2.10. The molecule has 1 amide bonds. The first-order chi connectivity index (χ1) is 16.7. The molecule has 10 heteroatoms. The summed E-state index contributed by atoms with van der Waals surface area (Å²) in [6.45, 7) is 2.81. The molecule has 0 fully saturated rings. The van der Waals surface area contributed by atoms with E-state index in [9.17, 15) is 9.18 Å². The van der Waals surface area contributed by atoms with Gasteiger partial charge < -0.3 is 5.32 Å². The number of nitrogens with zero attached hydrogens (tertiary/aromatic N) is 5. The van der Waals surface area contributed by atoms with Crippen LogP contribution < -0.4 is 5.32 Å². The molecule has 0 saturated carbocycles. The molecule has 0 saturated heterocycles. The fourth-order valence-electron chi connectivity index (χ4n) is 3.35. The average Bonchev–Trinajstić information content (AvgIpc) is 3.51. The Labute approximate surface area is 205 Å². The summed E-state index contributed by atoms with van der Waals surface area (Å²) >= 11 is 2.81. The minimum Gasteiger partial charge on any atom is -0.351 e. The molecule has 0 aliphatic rings. The highest BCUT2D eigenvalue weighted by Gasteiger charge is 2.19. The monoisotopic (exact) mass is 496 g/mol. The van der Waals surface area contributed by atoms with Crippen molar-refractivity contribution in [2.75, 3.05) is 6.54 Å². The lowest BCUT2D eigenvalue weighted by Crippen LogP contribution is -2.24. The smallest absolute Gasteiger partial charge is 0.270 e. The molecule has 7 nitrogen and oxygen atoms in total. The SMILES string of the molecule is CCCCCCNC(=O)c1csc(CSc2nnc(-c3cccnc3)n2-c2ccccc2F)n1. The number of rotatable bonds is 11. The van der Waals surface area contributed by atoms with Crippen molar-refractivity contribution in [3.63, 3.8) is 0 Å². The maximum Gasteiger partial charge on any atom is 0.270 e. The van der Waals surface area contributed by atoms with Crippen molar-refractivity contribution in [1.82, 2.24) is 30.0 Å². The minimum absolute atomic E-state index is 0.155. The van der Waals surface area contributed by atoms with Gasteiger partial charge in [-0.15, -0.1) is 21.5 Å². The summed E-state index contributed by atoms with van der Waals surface area (Å²) in [6, 6.07) is 10.2. The molecule has 1 aromatic carbocycles. The molecule has 1 N–H and O–H groups in total. The number of thiazole rings is 1. The summed E-state index contributed by atoms with van der Waals surface area (Å²) in [6.07, 6.45) is 7.76. The summed E-state index contributed by atoms with van der Waals surface area (Å²) in [5.41, 5.74) is 1.51. The van der Waals surface area contributed by atoms with E-state index in [1.54, 1.807) is 46.6 Å². The van der Waals surface area contributed by atoms with Crippen LogP contribution in [0.3, 0.4) is 0 Å². The van der Waals surface area contributed by atoms with Crippen molar-refractivity contribution in [2.24, 2.45) is 0 Å². The van der Waals surface area contributed by atoms with E-state index in [-0.39, 0.29) is 11.7 Å². The van der Waals surface area contributed by atoms with Crippen LogP contribution in [0.2, 0.25) is 0 Å². The lowest BCUT2D eigenvalue weighted by molar-refractivity contribution is 0.0948. The van der Waals surface area contributed by atoms with Gasteiger partial charge in [0.15, 0.2) is 11.0 Å². The standard InChI is InChI=1S/C24H25FN6OS2/c1-2-3-4-7-13-27-23(32)19-15-33-21(28-19)16-34-24-30-29-22(17-9-8-12-26-14-17)31(24)20-11-6-5-10-18(20)25/h5-6,8-12,14-15H,2-4,7,13,16H2,1H3,(H,27,32). The first-order valence-corrected chi connectivity index (χ1v) is 13.0. The maximum absolute atomic E-state index is 14.7. The van der Waals surface area contributed by atoms with Crippen LogP contribution in [0.1, 0.15) is 48.1 Å². The highest BCUT2D eigenvalue weighted by Crippen LogP contribution is 2.31. The molecule has 0 atom stereocenters. The normalized spacial score (nSPS) is 11.0. The third-order valence-corrected chi connectivity index (χ3v) is 7.04. The largest absolute Gasteiger partial charge is 0.351 e. The summed E-state index contributed by atoms with van der Waals surface area (Å²) < 4.78 is 16.4. The zero-order valence-electron chi connectivity index (χ0n) is 18.8. The van der Waals surface area contributed by atoms with Crippen LogP contribution in [0, 0.1) is 5.82 Å². The van der Waals surface area contributed by atoms with E-state index in [0.717, 1.165) is 29.8 Å². The Morgan fingerprint density at radius 3 is 2.82 bits per heavy atom. The molecule has 0 aliphatic carbocycles. The Bertz CT molecular complexity index is 1230. The second-order valence-electron chi connectivity index (χ2n) is 7.57. The van der Waals surface area contributed by atoms with Crippen LogP contribution >= 0.6 is 23.1 Å². The minimum atomic E-state index is -0.374. The number of amides is 1. The Balaban J connectivity index is 1.48. The van der Waals surface area contributed by atoms with Gasteiger partial charge in [0.25, 0.3) is 5.91 Å². The van der Waals surface area contributed by atoms with Gasteiger partial charge in [0.2, 0.25) is 0 Å². The predicted octanol–water partition coefficient (Wildman–Crippen LogP) is 5.53. The Morgan fingerprint density at radius 2 is 2.03 bits per heavy atom. The van der Waals surface area contributed by atoms with Gasteiger partial charge in [0.1, 0.15) is 16.5 Å². The van der Waals surface area contributed by atoms with Crippen molar-refractivity contribution in [3.8, 4) is 17.1 Å². The first kappa shape index (κ1) is 24.0. The van der Waals surface area contributed by atoms with Crippen LogP contribution in [0.15, 0.2) is 59.3 Å². The molecular formula is C24H25FN6OS2. The second kappa shape index (κ2) is 11.8. The summed E-state index contributed by atoms with van der Waals surface area (Å²) in [7, 11) is 0. The third-order valence-electron chi connectivity index (χ3n) is 5.07. The van der Waals surface area contributed by atoms with Crippen molar-refractivity contribution in [1.29, 1.82) is 0 Å². The molecule has 0 aliphatic heterocycles. The van der Waals surface area contributed by atoms with Gasteiger partial charge >= 0.3 is 0 Å². The number of benzene rings is 1. The fraction of sp³-hybridized carbons (Fsp3) is 0.292. The van der Waals surface area contributed by atoms with Crippen LogP contribution in [0.5, 0.6) is 0 Å². The van der Waals surface area contributed by atoms with Gasteiger partial charge in [-0.05, 0) is 30.7 Å². The number of hydrogen-bond acceptors (Lipinski definition) is 7. The van der Waals surface area contributed by atoms with Gasteiger partial charge in [-0.3, -0.25) is 14.3 Å². The number of nitrogens with one attached hydrogen (secondary N) is 1. The topological polar surface area (TPSA) is 85.6 Å². The summed E-state index contributed by atoms with van der Waals surface area (Å²) in [5.74, 6) is 0.454. The van der Waals surface area contributed by atoms with Gasteiger partial charge in [-0.1, -0.05) is 50.1 Å². The molecule has 34 heavy (non-hydrogen) atoms. The Kier molecular flexibility index (Phi) is 8.37. The summed E-state index contributed by atoms with van der Waals surface area (Å²) in [5, 5.41) is 14.6. The van der Waals surface area contributed by atoms with Crippen molar-refractivity contribution < 1.29 is 9.18 Å². The van der Waals surface area contributed by atoms with E-state index in [4.69, 9.17) is 0 Å². The first-order valence-electron chi connectivity index (χ1n) is 11.1. The van der Waals surface area contributed by atoms with Crippen LogP contribution in [-0.2, 0) is 5.75 Å². The number of aromatic nitrogens is 5. The number of thioether (sulfide) groups is 1. The third kappa shape index (κ3) is 5.87. The molecule has 4 rings (SSSR count). The van der Waals surface area contributed by atoms with E-state index in [2.05, 4.69) is 32.4 Å². The van der Waals surface area contributed by atoms with E-state index in [0.29, 0.717) is 34.7 Å². The molecular weight excluding hydrogens is 471 g/mol. The predicted molar refractivity (Wildman–Crippen MR) is 133 cm³/mol. The van der Waals surface area contributed by atoms with Gasteiger partial charge in [-0.25, -0.2) is 9.37 Å². The Hall–Kier alpha value is -3.11. The highest BCUT2D eigenvalue weighted by atomic mass is 32.2. The second-order valence-corrected chi connectivity index (χ2v) is 9.45. The van der Waals surface area contributed by atoms with Gasteiger partial charge in [0.05, 0.1) is 11.4 Å². The van der Waals surface area contributed by atoms with E-state index in [1.807, 2.05) is 6.07 Å². The quantitative estimate of drug-likeness (QED) is 0.217. The number of halogens is 1. The van der Waals surface area contributed by atoms with E-state index >= 15 is 0 Å². The maximum atomic E-state index is 14.7. The van der Waals surface area contributed by atoms with E-state index in [1.165, 1.54) is 35.6 Å². The number of carbonyl (C=O) groups is 1. The number of hydrogen-bond donors (Lipinski definition) is 1. The zero-order chi connectivity index (χ0) is 23.8. The molecule has 176 valence electrons. The zero-order valence-corrected chi connectivity index (χ0v) is 20.4. The van der Waals surface area contributed by atoms with Crippen molar-refractivity contribution in [2.45, 2.75) is 43.5 Å². The molecule has 0 unspecified atom stereocenters. The van der Waals surface area contributed by atoms with Crippen LogP contribution in [0.4, 0.5) is 4.39 Å². The molecule has 3 heterocycles. The number of para-hydroxylation sites is 1. The molecule has 0 bridgehead atoms. The van der Waals surface area contributed by atoms with Crippen molar-refractivity contribution in [3.05, 3.63) is 70.7 Å². The lowest BCUT2D eigenvalue weighted by atomic mass is 10.2. The molecule has 4 aromatic rings. The summed E-state index contributed by atoms with van der Waals surface area (Å²) in [4.78, 5) is 21.0. The average molecular weight is 497 g/mol. The van der Waals surface area contributed by atoms with Crippen molar-refractivity contribution >= 4 is 29.0 Å². The number of unbranched alkanes of at least 4 members (excludes halogenated alkanes) is 3. The molecule has 0 radical (unpaired) electrons. The van der Waals surface area contributed by atoms with Gasteiger partial charge in [0, 0.05) is 29.9 Å². The van der Waals surface area contributed by atoms with Crippen LogP contribution in [0.25, 0.3) is 17.1 Å². The number of carbonyl (C=O) groups excluding carboxylic acids is 1. The highest BCUT2D eigenvalue weighted by molar-refractivity contribution is 7.98. The fourth-order valence-corrected chi connectivity index (χ4v) is 5.08. The molecule has 0 spiro atoms. The van der Waals surface area contributed by atoms with Crippen LogP contribution in [-0.4, -0.2) is 37.2 Å².